The maximum absolute atomic E-state index is 13.6. The number of amides is 2. The molecule has 0 bridgehead atoms. The number of alkyl halides is 3. The molecule has 0 radical (unpaired) electrons. The van der Waals surface area contributed by atoms with Crippen LogP contribution in [0.2, 0.25) is 0 Å². The van der Waals surface area contributed by atoms with Gasteiger partial charge in [0.05, 0.1) is 17.2 Å². The van der Waals surface area contributed by atoms with E-state index in [0.29, 0.717) is 25.7 Å². The minimum Gasteiger partial charge on any atom is -0.359 e. The number of anilines is 2. The molecular weight excluding hydrogens is 477 g/mol. The summed E-state index contributed by atoms with van der Waals surface area (Å²) in [4.78, 5) is 28.2. The zero-order valence-electron chi connectivity index (χ0n) is 19.1. The number of hydrogen-bond donors (Lipinski definition) is 2. The van der Waals surface area contributed by atoms with E-state index in [1.807, 2.05) is 29.2 Å². The molecular formula is C25H25F3N4O2S. The van der Waals surface area contributed by atoms with Gasteiger partial charge in [-0.25, -0.2) is 0 Å². The van der Waals surface area contributed by atoms with Gasteiger partial charge in [-0.05, 0) is 68.0 Å². The largest absolute Gasteiger partial charge is 0.417 e. The maximum atomic E-state index is 13.6. The van der Waals surface area contributed by atoms with E-state index >= 15 is 0 Å². The lowest BCUT2D eigenvalue weighted by molar-refractivity contribution is -0.137. The average Bonchev–Trinajstić information content (AvgIpc) is 3.05. The lowest BCUT2D eigenvalue weighted by Crippen LogP contribution is -2.55. The SMILES string of the molecule is CNC(=O)CCCc1ccc(N2C(S)N(c3ccc(C#N)c(C(F)(F)F)c3)C(=O)C23CCC3)cc1. The Balaban J connectivity index is 1.63. The minimum absolute atomic E-state index is 0.0152. The topological polar surface area (TPSA) is 76.4 Å². The molecule has 1 N–H and O–H groups in total. The third-order valence-corrected chi connectivity index (χ3v) is 7.25. The van der Waals surface area contributed by atoms with Gasteiger partial charge in [0.2, 0.25) is 5.91 Å². The van der Waals surface area contributed by atoms with Crippen LogP contribution in [0.4, 0.5) is 24.5 Å². The van der Waals surface area contributed by atoms with Crippen molar-refractivity contribution in [2.24, 2.45) is 0 Å². The van der Waals surface area contributed by atoms with Crippen LogP contribution in [-0.4, -0.2) is 29.9 Å². The molecule has 1 unspecified atom stereocenters. The van der Waals surface area contributed by atoms with Crippen LogP contribution >= 0.6 is 12.6 Å². The maximum Gasteiger partial charge on any atom is 0.417 e. The van der Waals surface area contributed by atoms with Gasteiger partial charge in [-0.15, -0.1) is 12.6 Å². The Morgan fingerprint density at radius 1 is 1.20 bits per heavy atom. The molecule has 2 aromatic carbocycles. The van der Waals surface area contributed by atoms with Gasteiger partial charge in [0, 0.05) is 24.8 Å². The van der Waals surface area contributed by atoms with Gasteiger partial charge < -0.3 is 10.2 Å². The molecule has 6 nitrogen and oxygen atoms in total. The summed E-state index contributed by atoms with van der Waals surface area (Å²) in [5.41, 5.74) is -1.39. The fraction of sp³-hybridized carbons (Fsp3) is 0.400. The smallest absolute Gasteiger partial charge is 0.359 e. The van der Waals surface area contributed by atoms with Gasteiger partial charge in [0.25, 0.3) is 5.91 Å². The monoisotopic (exact) mass is 502 g/mol. The lowest BCUT2D eigenvalue weighted by Gasteiger charge is -2.44. The number of nitriles is 1. The fourth-order valence-corrected chi connectivity index (χ4v) is 5.37. The molecule has 4 rings (SSSR count). The summed E-state index contributed by atoms with van der Waals surface area (Å²) in [5, 5.41) is 11.7. The molecule has 184 valence electrons. The van der Waals surface area contributed by atoms with Crippen molar-refractivity contribution >= 4 is 35.8 Å². The zero-order chi connectivity index (χ0) is 25.4. The highest BCUT2D eigenvalue weighted by Gasteiger charge is 2.60. The van der Waals surface area contributed by atoms with Crippen molar-refractivity contribution in [3.05, 3.63) is 59.2 Å². The first-order valence-electron chi connectivity index (χ1n) is 11.3. The van der Waals surface area contributed by atoms with Crippen LogP contribution < -0.4 is 15.1 Å². The molecule has 0 aromatic heterocycles. The second kappa shape index (κ2) is 9.46. The van der Waals surface area contributed by atoms with Crippen molar-refractivity contribution in [1.29, 1.82) is 5.26 Å². The molecule has 2 fully saturated rings. The van der Waals surface area contributed by atoms with Crippen LogP contribution in [0.3, 0.4) is 0 Å². The Morgan fingerprint density at radius 2 is 1.86 bits per heavy atom. The highest BCUT2D eigenvalue weighted by atomic mass is 32.1. The van der Waals surface area contributed by atoms with E-state index in [2.05, 4.69) is 17.9 Å². The zero-order valence-corrected chi connectivity index (χ0v) is 20.0. The number of nitrogens with zero attached hydrogens (tertiary/aromatic N) is 3. The van der Waals surface area contributed by atoms with Crippen LogP contribution in [0.1, 0.15) is 48.8 Å². The average molecular weight is 503 g/mol. The highest BCUT2D eigenvalue weighted by molar-refractivity contribution is 7.81. The Bertz CT molecular complexity index is 1170. The third kappa shape index (κ3) is 4.45. The van der Waals surface area contributed by atoms with Gasteiger partial charge in [-0.2, -0.15) is 18.4 Å². The Hall–Kier alpha value is -3.19. The van der Waals surface area contributed by atoms with E-state index in [9.17, 15) is 22.8 Å². The van der Waals surface area contributed by atoms with Gasteiger partial charge in [0.15, 0.2) is 5.50 Å². The fourth-order valence-electron chi connectivity index (χ4n) is 4.78. The van der Waals surface area contributed by atoms with E-state index in [1.54, 1.807) is 13.1 Å². The summed E-state index contributed by atoms with van der Waals surface area (Å²) in [5.74, 6) is -0.310. The van der Waals surface area contributed by atoms with E-state index in [0.717, 1.165) is 36.2 Å². The summed E-state index contributed by atoms with van der Waals surface area (Å²) in [6.45, 7) is 0. The molecule has 1 spiro atoms. The Kier molecular flexibility index (Phi) is 6.73. The number of benzene rings is 2. The second-order valence-corrected chi connectivity index (χ2v) is 9.27. The van der Waals surface area contributed by atoms with Gasteiger partial charge in [0.1, 0.15) is 5.54 Å². The van der Waals surface area contributed by atoms with Crippen molar-refractivity contribution in [2.75, 3.05) is 16.8 Å². The second-order valence-electron chi connectivity index (χ2n) is 8.81. The summed E-state index contributed by atoms with van der Waals surface area (Å²) in [6, 6.07) is 12.5. The molecule has 1 heterocycles. The van der Waals surface area contributed by atoms with E-state index < -0.39 is 28.3 Å². The molecule has 1 atom stereocenters. The summed E-state index contributed by atoms with van der Waals surface area (Å²) in [7, 11) is 1.60. The predicted molar refractivity (Wildman–Crippen MR) is 129 cm³/mol. The quantitative estimate of drug-likeness (QED) is 0.565. The number of thiol groups is 1. The summed E-state index contributed by atoms with van der Waals surface area (Å²) >= 11 is 4.68. The first-order valence-corrected chi connectivity index (χ1v) is 11.9. The number of carbonyl (C=O) groups excluding carboxylic acids is 2. The molecule has 1 aliphatic heterocycles. The molecule has 2 aliphatic rings. The summed E-state index contributed by atoms with van der Waals surface area (Å²) in [6.07, 6.45) is -0.883. The van der Waals surface area contributed by atoms with Crippen LogP contribution in [-0.2, 0) is 22.2 Å². The molecule has 1 aliphatic carbocycles. The van der Waals surface area contributed by atoms with Gasteiger partial charge >= 0.3 is 6.18 Å². The van der Waals surface area contributed by atoms with Crippen LogP contribution in [0.15, 0.2) is 42.5 Å². The lowest BCUT2D eigenvalue weighted by atomic mass is 9.75. The Morgan fingerprint density at radius 3 is 2.40 bits per heavy atom. The van der Waals surface area contributed by atoms with Gasteiger partial charge in [-0.3, -0.25) is 14.5 Å². The highest BCUT2D eigenvalue weighted by Crippen LogP contribution is 2.50. The summed E-state index contributed by atoms with van der Waals surface area (Å²) < 4.78 is 40.7. The standard InChI is InChI=1S/C25H25F3N4O2S/c1-30-21(33)5-2-4-16-6-9-18(10-7-16)32-23(35)31(22(34)24(32)12-3-13-24)19-11-8-17(15-29)20(14-19)25(26,27)28/h6-11,14,23,35H,2-5,12-13H2,1H3,(H,30,33). The van der Waals surface area contributed by atoms with E-state index in [4.69, 9.17) is 5.26 Å². The number of carbonyl (C=O) groups is 2. The van der Waals surface area contributed by atoms with Crippen molar-refractivity contribution in [3.8, 4) is 6.07 Å². The molecule has 1 saturated carbocycles. The van der Waals surface area contributed by atoms with Gasteiger partial charge in [-0.1, -0.05) is 12.1 Å². The predicted octanol–water partition coefficient (Wildman–Crippen LogP) is 4.64. The van der Waals surface area contributed by atoms with Crippen molar-refractivity contribution in [3.63, 3.8) is 0 Å². The number of nitrogens with one attached hydrogen (secondary N) is 1. The number of aryl methyl sites for hydroxylation is 1. The Labute approximate surface area is 207 Å². The van der Waals surface area contributed by atoms with E-state index in [-0.39, 0.29) is 17.5 Å². The molecule has 2 aromatic rings. The first kappa shape index (κ1) is 24.9. The molecule has 35 heavy (non-hydrogen) atoms. The van der Waals surface area contributed by atoms with Crippen LogP contribution in [0.5, 0.6) is 0 Å². The number of halogens is 3. The van der Waals surface area contributed by atoms with Crippen molar-refractivity contribution in [1.82, 2.24) is 5.32 Å². The first-order chi connectivity index (χ1) is 16.6. The number of hydrogen-bond acceptors (Lipinski definition) is 5. The molecule has 2 amide bonds. The molecule has 1 saturated heterocycles. The molecule has 10 heteroatoms. The number of rotatable bonds is 6. The van der Waals surface area contributed by atoms with Crippen LogP contribution in [0, 0.1) is 11.3 Å². The van der Waals surface area contributed by atoms with Crippen molar-refractivity contribution < 1.29 is 22.8 Å². The van der Waals surface area contributed by atoms with Crippen LogP contribution in [0.25, 0.3) is 0 Å². The normalized spacial score (nSPS) is 19.0. The minimum atomic E-state index is -4.72. The van der Waals surface area contributed by atoms with Crippen molar-refractivity contribution in [2.45, 2.75) is 55.7 Å². The van der Waals surface area contributed by atoms with E-state index in [1.165, 1.54) is 11.0 Å². The third-order valence-electron chi connectivity index (χ3n) is 6.79.